The maximum atomic E-state index is 13.1. The third-order valence-electron chi connectivity index (χ3n) is 4.86. The van der Waals surface area contributed by atoms with E-state index in [1.165, 1.54) is 6.21 Å². The summed E-state index contributed by atoms with van der Waals surface area (Å²) in [6, 6.07) is 21.4. The predicted octanol–water partition coefficient (Wildman–Crippen LogP) is 3.31. The van der Waals surface area contributed by atoms with Crippen LogP contribution in [0.1, 0.15) is 27.7 Å². The van der Waals surface area contributed by atoms with Crippen LogP contribution >= 0.6 is 15.9 Å². The van der Waals surface area contributed by atoms with Crippen LogP contribution in [-0.4, -0.2) is 28.2 Å². The zero-order valence-electron chi connectivity index (χ0n) is 17.2. The lowest BCUT2D eigenvalue weighted by Gasteiger charge is -2.18. The van der Waals surface area contributed by atoms with Gasteiger partial charge in [-0.25, -0.2) is 10.5 Å². The number of benzene rings is 3. The molecule has 33 heavy (non-hydrogen) atoms. The molecule has 4 aromatic rings. The number of nitrogens with zero attached hydrogens (tertiary/aromatic N) is 2. The lowest BCUT2D eigenvalue weighted by molar-refractivity contribution is -0.123. The van der Waals surface area contributed by atoms with E-state index < -0.39 is 23.4 Å². The van der Waals surface area contributed by atoms with E-state index in [9.17, 15) is 14.4 Å². The van der Waals surface area contributed by atoms with E-state index >= 15 is 0 Å². The molecule has 0 bridgehead atoms. The van der Waals surface area contributed by atoms with Crippen molar-refractivity contribution in [3.63, 3.8) is 0 Å². The fourth-order valence-corrected chi connectivity index (χ4v) is 3.61. The first-order chi connectivity index (χ1) is 16.0. The first-order valence-electron chi connectivity index (χ1n) is 9.95. The van der Waals surface area contributed by atoms with Crippen LogP contribution in [0.3, 0.4) is 0 Å². The van der Waals surface area contributed by atoms with Crippen molar-refractivity contribution in [1.82, 2.24) is 20.9 Å². The number of carbonyl (C=O) groups excluding carboxylic acids is 2. The van der Waals surface area contributed by atoms with Crippen molar-refractivity contribution in [3.8, 4) is 0 Å². The number of aromatic amines is 1. The Kier molecular flexibility index (Phi) is 6.70. The topological polar surface area (TPSA) is 116 Å². The van der Waals surface area contributed by atoms with Crippen molar-refractivity contribution in [2.45, 2.75) is 6.04 Å². The quantitative estimate of drug-likeness (QED) is 0.276. The third kappa shape index (κ3) is 5.04. The van der Waals surface area contributed by atoms with Crippen molar-refractivity contribution in [1.29, 1.82) is 0 Å². The highest BCUT2D eigenvalue weighted by Crippen LogP contribution is 2.20. The molecule has 0 fully saturated rings. The molecule has 0 radical (unpaired) electrons. The Morgan fingerprint density at radius 1 is 0.939 bits per heavy atom. The van der Waals surface area contributed by atoms with Gasteiger partial charge >= 0.3 is 0 Å². The number of nitrogens with one attached hydrogen (secondary N) is 3. The Morgan fingerprint density at radius 2 is 1.61 bits per heavy atom. The van der Waals surface area contributed by atoms with E-state index in [1.54, 1.807) is 54.6 Å². The van der Waals surface area contributed by atoms with Crippen LogP contribution in [0, 0.1) is 0 Å². The second-order valence-electron chi connectivity index (χ2n) is 7.01. The molecule has 1 aromatic heterocycles. The zero-order valence-corrected chi connectivity index (χ0v) is 18.7. The molecule has 1 unspecified atom stereocenters. The van der Waals surface area contributed by atoms with Gasteiger partial charge in [-0.15, -0.1) is 0 Å². The summed E-state index contributed by atoms with van der Waals surface area (Å²) in [5, 5.41) is 14.0. The molecule has 1 heterocycles. The van der Waals surface area contributed by atoms with Crippen molar-refractivity contribution in [2.75, 3.05) is 0 Å². The molecule has 0 saturated carbocycles. The van der Waals surface area contributed by atoms with Gasteiger partial charge in [0.05, 0.1) is 11.6 Å². The van der Waals surface area contributed by atoms with Crippen LogP contribution in [-0.2, 0) is 4.79 Å². The molecular weight excluding hydrogens is 486 g/mol. The highest BCUT2D eigenvalue weighted by molar-refractivity contribution is 9.10. The number of hydrogen-bond acceptors (Lipinski definition) is 5. The number of H-pyrrole nitrogens is 1. The van der Waals surface area contributed by atoms with Crippen LogP contribution in [0.25, 0.3) is 10.8 Å². The van der Waals surface area contributed by atoms with E-state index in [4.69, 9.17) is 0 Å². The molecule has 3 N–H and O–H groups in total. The molecule has 0 saturated heterocycles. The van der Waals surface area contributed by atoms with Gasteiger partial charge in [0.25, 0.3) is 17.4 Å². The third-order valence-corrected chi connectivity index (χ3v) is 5.58. The minimum absolute atomic E-state index is 0.197. The fourth-order valence-electron chi connectivity index (χ4n) is 3.23. The minimum atomic E-state index is -1.21. The van der Waals surface area contributed by atoms with Crippen molar-refractivity contribution < 1.29 is 9.59 Å². The summed E-state index contributed by atoms with van der Waals surface area (Å²) in [6.07, 6.45) is 1.48. The Labute approximate surface area is 196 Å². The maximum absolute atomic E-state index is 13.1. The van der Waals surface area contributed by atoms with Crippen molar-refractivity contribution in [3.05, 3.63) is 111 Å². The van der Waals surface area contributed by atoms with Crippen LogP contribution < -0.4 is 16.3 Å². The zero-order chi connectivity index (χ0) is 23.2. The molecule has 0 aliphatic heterocycles. The molecular formula is C24H18BrN5O3. The predicted molar refractivity (Wildman–Crippen MR) is 129 cm³/mol. The maximum Gasteiger partial charge on any atom is 0.272 e. The fraction of sp³-hybridized carbons (Fsp3) is 0.0417. The standard InChI is InChI=1S/C24H18BrN5O3/c25-19-13-7-4-10-16(19)14-26-29-24(33)21(27-22(31)15-8-2-1-3-9-15)20-17-11-5-6-12-18(17)23(32)30-28-20/h1-14,21H,(H,27,31)(H,29,33)(H,30,32)/b26-14-. The van der Waals surface area contributed by atoms with Crippen molar-refractivity contribution in [2.24, 2.45) is 5.10 Å². The lowest BCUT2D eigenvalue weighted by atomic mass is 10.0. The van der Waals surface area contributed by atoms with E-state index in [0.29, 0.717) is 16.3 Å². The number of halogens is 1. The number of hydrazone groups is 1. The normalized spacial score (nSPS) is 11.9. The SMILES string of the molecule is O=C(NC(C(=O)N/N=C\c1ccccc1Br)c1n[nH]c(=O)c2ccccc12)c1ccccc1. The molecule has 0 aliphatic rings. The van der Waals surface area contributed by atoms with Gasteiger partial charge in [0, 0.05) is 21.0 Å². The van der Waals surface area contributed by atoms with Gasteiger partial charge in [-0.3, -0.25) is 14.4 Å². The van der Waals surface area contributed by atoms with Gasteiger partial charge < -0.3 is 5.32 Å². The van der Waals surface area contributed by atoms with Gasteiger partial charge in [0.1, 0.15) is 5.69 Å². The molecule has 2 amide bonds. The van der Waals surface area contributed by atoms with E-state index in [-0.39, 0.29) is 5.69 Å². The van der Waals surface area contributed by atoms with Crippen LogP contribution in [0.5, 0.6) is 0 Å². The first-order valence-corrected chi connectivity index (χ1v) is 10.7. The minimum Gasteiger partial charge on any atom is -0.335 e. The second-order valence-corrected chi connectivity index (χ2v) is 7.87. The van der Waals surface area contributed by atoms with Gasteiger partial charge in [-0.05, 0) is 24.3 Å². The Morgan fingerprint density at radius 3 is 2.36 bits per heavy atom. The average molecular weight is 504 g/mol. The molecule has 3 aromatic carbocycles. The molecule has 0 aliphatic carbocycles. The van der Waals surface area contributed by atoms with Gasteiger partial charge in [-0.1, -0.05) is 70.5 Å². The Hall–Kier alpha value is -4.11. The van der Waals surface area contributed by atoms with Crippen LogP contribution in [0.4, 0.5) is 0 Å². The Balaban J connectivity index is 1.68. The smallest absolute Gasteiger partial charge is 0.272 e. The summed E-state index contributed by atoms with van der Waals surface area (Å²) < 4.78 is 0.810. The summed E-state index contributed by atoms with van der Waals surface area (Å²) in [4.78, 5) is 38.2. The molecule has 164 valence electrons. The highest BCUT2D eigenvalue weighted by Gasteiger charge is 2.27. The number of rotatable bonds is 6. The second kappa shape index (κ2) is 10.0. The van der Waals surface area contributed by atoms with Gasteiger partial charge in [0.15, 0.2) is 6.04 Å². The van der Waals surface area contributed by atoms with Crippen LogP contribution in [0.2, 0.25) is 0 Å². The number of carbonyl (C=O) groups is 2. The number of aromatic nitrogens is 2. The summed E-state index contributed by atoms with van der Waals surface area (Å²) in [6.45, 7) is 0. The summed E-state index contributed by atoms with van der Waals surface area (Å²) in [5.74, 6) is -1.09. The number of fused-ring (bicyclic) bond motifs is 1. The molecule has 8 nitrogen and oxygen atoms in total. The largest absolute Gasteiger partial charge is 0.335 e. The summed E-state index contributed by atoms with van der Waals surface area (Å²) in [5.41, 5.74) is 3.39. The lowest BCUT2D eigenvalue weighted by Crippen LogP contribution is -2.40. The highest BCUT2D eigenvalue weighted by atomic mass is 79.9. The monoisotopic (exact) mass is 503 g/mol. The van der Waals surface area contributed by atoms with Crippen molar-refractivity contribution >= 4 is 44.7 Å². The number of hydrogen-bond donors (Lipinski definition) is 3. The molecule has 0 spiro atoms. The first kappa shape index (κ1) is 22.1. The summed E-state index contributed by atoms with van der Waals surface area (Å²) in [7, 11) is 0. The van der Waals surface area contributed by atoms with Gasteiger partial charge in [0.2, 0.25) is 0 Å². The molecule has 9 heteroatoms. The molecule has 4 rings (SSSR count). The van der Waals surface area contributed by atoms with E-state index in [2.05, 4.69) is 42.0 Å². The van der Waals surface area contributed by atoms with Gasteiger partial charge in [-0.2, -0.15) is 10.2 Å². The average Bonchev–Trinajstić information content (AvgIpc) is 2.85. The Bertz CT molecular complexity index is 1400. The van der Waals surface area contributed by atoms with E-state index in [0.717, 1.165) is 10.0 Å². The van der Waals surface area contributed by atoms with E-state index in [1.807, 2.05) is 24.3 Å². The van der Waals surface area contributed by atoms with Crippen LogP contribution in [0.15, 0.2) is 93.2 Å². The summed E-state index contributed by atoms with van der Waals surface area (Å²) >= 11 is 3.42. The number of amides is 2. The molecule has 1 atom stereocenters.